The second-order valence-corrected chi connectivity index (χ2v) is 7.11. The van der Waals surface area contributed by atoms with E-state index in [1.807, 2.05) is 30.9 Å². The molecule has 1 saturated heterocycles. The van der Waals surface area contributed by atoms with Crippen molar-refractivity contribution < 1.29 is 9.59 Å². The summed E-state index contributed by atoms with van der Waals surface area (Å²) >= 11 is 1.35. The number of benzene rings is 1. The Morgan fingerprint density at radius 3 is 2.67 bits per heavy atom. The molecule has 1 aromatic heterocycles. The summed E-state index contributed by atoms with van der Waals surface area (Å²) in [5.41, 5.74) is 3.22. The van der Waals surface area contributed by atoms with Gasteiger partial charge in [0.1, 0.15) is 5.01 Å². The minimum Gasteiger partial charge on any atom is -0.312 e. The highest BCUT2D eigenvalue weighted by Gasteiger charge is 2.34. The van der Waals surface area contributed by atoms with Crippen LogP contribution in [-0.4, -0.2) is 28.6 Å². The van der Waals surface area contributed by atoms with Crippen LogP contribution in [-0.2, 0) is 9.59 Å². The van der Waals surface area contributed by atoms with Gasteiger partial charge in [-0.05, 0) is 37.1 Å². The van der Waals surface area contributed by atoms with Crippen molar-refractivity contribution in [3.63, 3.8) is 0 Å². The van der Waals surface area contributed by atoms with Crippen molar-refractivity contribution in [1.29, 1.82) is 0 Å². The van der Waals surface area contributed by atoms with Crippen molar-refractivity contribution in [3.8, 4) is 0 Å². The Morgan fingerprint density at radius 1 is 1.29 bits per heavy atom. The highest BCUT2D eigenvalue weighted by atomic mass is 32.1. The van der Waals surface area contributed by atoms with Gasteiger partial charge in [0.2, 0.25) is 16.9 Å². The highest BCUT2D eigenvalue weighted by Crippen LogP contribution is 2.34. The summed E-state index contributed by atoms with van der Waals surface area (Å²) in [5, 5.41) is 12.2. The Morgan fingerprint density at radius 2 is 2.00 bits per heavy atom. The van der Waals surface area contributed by atoms with Gasteiger partial charge in [-0.2, -0.15) is 0 Å². The molecule has 24 heavy (non-hydrogen) atoms. The van der Waals surface area contributed by atoms with E-state index in [2.05, 4.69) is 21.6 Å². The van der Waals surface area contributed by atoms with Gasteiger partial charge in [-0.1, -0.05) is 24.3 Å². The first kappa shape index (κ1) is 16.6. The van der Waals surface area contributed by atoms with Crippen molar-refractivity contribution in [2.75, 3.05) is 16.8 Å². The number of rotatable bonds is 4. The van der Waals surface area contributed by atoms with Crippen LogP contribution in [0.15, 0.2) is 18.2 Å². The second-order valence-electron chi connectivity index (χ2n) is 6.10. The molecule has 0 unspecified atom stereocenters. The molecule has 7 heteroatoms. The van der Waals surface area contributed by atoms with E-state index in [9.17, 15) is 9.59 Å². The molecular formula is C17H20N4O2S. The fourth-order valence-electron chi connectivity index (χ4n) is 2.89. The van der Waals surface area contributed by atoms with Crippen molar-refractivity contribution >= 4 is 34.0 Å². The molecule has 2 amide bonds. The maximum atomic E-state index is 12.4. The minimum atomic E-state index is -0.0861. The zero-order valence-electron chi connectivity index (χ0n) is 14.0. The third-order valence-corrected chi connectivity index (χ3v) is 5.00. The number of nitrogens with zero attached hydrogens (tertiary/aromatic N) is 3. The number of aromatic nitrogens is 2. The van der Waals surface area contributed by atoms with E-state index in [4.69, 9.17) is 0 Å². The Hall–Kier alpha value is -2.28. The Labute approximate surface area is 144 Å². The lowest BCUT2D eigenvalue weighted by Gasteiger charge is -2.17. The summed E-state index contributed by atoms with van der Waals surface area (Å²) in [6.45, 7) is 6.44. The van der Waals surface area contributed by atoms with Gasteiger partial charge in [0.05, 0.1) is 0 Å². The van der Waals surface area contributed by atoms with E-state index in [0.29, 0.717) is 24.5 Å². The van der Waals surface area contributed by atoms with Crippen LogP contribution >= 0.6 is 11.3 Å². The molecule has 0 aliphatic carbocycles. The van der Waals surface area contributed by atoms with Gasteiger partial charge in [0.15, 0.2) is 0 Å². The molecule has 6 nitrogen and oxygen atoms in total. The minimum absolute atomic E-state index is 0.0168. The van der Waals surface area contributed by atoms with E-state index < -0.39 is 0 Å². The molecule has 3 rings (SSSR count). The van der Waals surface area contributed by atoms with E-state index in [-0.39, 0.29) is 17.7 Å². The van der Waals surface area contributed by atoms with Gasteiger partial charge in [0, 0.05) is 31.0 Å². The fraction of sp³-hybridized carbons (Fsp3) is 0.412. The largest absolute Gasteiger partial charge is 0.312 e. The number of aryl methyl sites for hydroxylation is 2. The highest BCUT2D eigenvalue weighted by molar-refractivity contribution is 7.15. The van der Waals surface area contributed by atoms with Crippen LogP contribution in [0.1, 0.15) is 41.8 Å². The lowest BCUT2D eigenvalue weighted by Crippen LogP contribution is -2.24. The zero-order valence-corrected chi connectivity index (χ0v) is 14.8. The van der Waals surface area contributed by atoms with Gasteiger partial charge in [-0.3, -0.25) is 9.59 Å². The van der Waals surface area contributed by atoms with Crippen LogP contribution in [0.25, 0.3) is 0 Å². The van der Waals surface area contributed by atoms with E-state index in [0.717, 1.165) is 21.8 Å². The second kappa shape index (κ2) is 6.68. The molecule has 0 saturated carbocycles. The Balaban J connectivity index is 1.76. The number of amides is 2. The summed E-state index contributed by atoms with van der Waals surface area (Å²) in [6.07, 6.45) is 0.820. The average Bonchev–Trinajstić information content (AvgIpc) is 3.12. The first-order valence-electron chi connectivity index (χ1n) is 7.98. The number of nitrogens with one attached hydrogen (secondary N) is 1. The van der Waals surface area contributed by atoms with Crippen molar-refractivity contribution in [3.05, 3.63) is 34.3 Å². The van der Waals surface area contributed by atoms with Crippen LogP contribution < -0.4 is 10.2 Å². The molecule has 2 heterocycles. The topological polar surface area (TPSA) is 75.2 Å². The van der Waals surface area contributed by atoms with Gasteiger partial charge in [-0.15, -0.1) is 10.2 Å². The molecule has 1 fully saturated rings. The number of hydrogen-bond donors (Lipinski definition) is 1. The predicted molar refractivity (Wildman–Crippen MR) is 94.5 cm³/mol. The van der Waals surface area contributed by atoms with Crippen LogP contribution in [0.3, 0.4) is 0 Å². The van der Waals surface area contributed by atoms with E-state index in [1.54, 1.807) is 6.92 Å². The Bertz CT molecular complexity index is 766. The molecule has 1 aromatic carbocycles. The molecule has 1 N–H and O–H groups in total. The maximum absolute atomic E-state index is 12.4. The third-order valence-electron chi connectivity index (χ3n) is 4.00. The molecule has 0 bridgehead atoms. The van der Waals surface area contributed by atoms with Gasteiger partial charge < -0.3 is 10.2 Å². The smallest absolute Gasteiger partial charge is 0.227 e. The van der Waals surface area contributed by atoms with Crippen LogP contribution in [0.4, 0.5) is 10.8 Å². The standard InChI is InChI=1S/C17H20N4O2S/c1-4-14(22)18-17-20-19-16(24-17)12-8-15(23)21(9-12)13-6-10(2)5-11(3)7-13/h5-7,12H,4,8-9H2,1-3H3,(H,18,20,22)/t12-/m0/s1. The number of hydrogen-bond acceptors (Lipinski definition) is 5. The SMILES string of the molecule is CCC(=O)Nc1nnc([C@H]2CC(=O)N(c3cc(C)cc(C)c3)C2)s1. The summed E-state index contributed by atoms with van der Waals surface area (Å²) in [5.74, 6) is 0.0273. The molecule has 0 spiro atoms. The normalized spacial score (nSPS) is 17.4. The average molecular weight is 344 g/mol. The van der Waals surface area contributed by atoms with Crippen molar-refractivity contribution in [1.82, 2.24) is 10.2 Å². The molecule has 126 valence electrons. The molecule has 1 aliphatic heterocycles. The van der Waals surface area contributed by atoms with Gasteiger partial charge in [0.25, 0.3) is 0 Å². The van der Waals surface area contributed by atoms with Gasteiger partial charge in [-0.25, -0.2) is 0 Å². The zero-order chi connectivity index (χ0) is 17.3. The predicted octanol–water partition coefficient (Wildman–Crippen LogP) is 3.02. The first-order chi connectivity index (χ1) is 11.5. The summed E-state index contributed by atoms with van der Waals surface area (Å²) < 4.78 is 0. The van der Waals surface area contributed by atoms with Crippen molar-refractivity contribution in [2.45, 2.75) is 39.5 Å². The number of carbonyl (C=O) groups excluding carboxylic acids is 2. The van der Waals surface area contributed by atoms with Crippen LogP contribution in [0, 0.1) is 13.8 Å². The summed E-state index contributed by atoms with van der Waals surface area (Å²) in [4.78, 5) is 25.7. The van der Waals surface area contributed by atoms with Gasteiger partial charge >= 0.3 is 0 Å². The number of anilines is 2. The lowest BCUT2D eigenvalue weighted by molar-refractivity contribution is -0.117. The molecule has 0 radical (unpaired) electrons. The summed E-state index contributed by atoms with van der Waals surface area (Å²) in [7, 11) is 0. The number of carbonyl (C=O) groups is 2. The lowest BCUT2D eigenvalue weighted by atomic mass is 10.1. The van der Waals surface area contributed by atoms with E-state index >= 15 is 0 Å². The van der Waals surface area contributed by atoms with E-state index in [1.165, 1.54) is 11.3 Å². The quantitative estimate of drug-likeness (QED) is 0.925. The van der Waals surface area contributed by atoms with Crippen LogP contribution in [0.2, 0.25) is 0 Å². The third kappa shape index (κ3) is 3.46. The molecule has 1 atom stereocenters. The molecular weight excluding hydrogens is 324 g/mol. The first-order valence-corrected chi connectivity index (χ1v) is 8.80. The molecule has 1 aliphatic rings. The maximum Gasteiger partial charge on any atom is 0.227 e. The summed E-state index contributed by atoms with van der Waals surface area (Å²) in [6, 6.07) is 6.15. The fourth-order valence-corrected chi connectivity index (χ4v) is 3.74. The molecule has 2 aromatic rings. The van der Waals surface area contributed by atoms with Crippen molar-refractivity contribution in [2.24, 2.45) is 0 Å². The monoisotopic (exact) mass is 344 g/mol. The Kier molecular flexibility index (Phi) is 4.62. The van der Waals surface area contributed by atoms with Crippen LogP contribution in [0.5, 0.6) is 0 Å².